The van der Waals surface area contributed by atoms with Gasteiger partial charge < -0.3 is 9.80 Å². The summed E-state index contributed by atoms with van der Waals surface area (Å²) >= 11 is 0. The molecule has 0 bridgehead atoms. The van der Waals surface area contributed by atoms with Crippen LogP contribution >= 0.6 is 0 Å². The zero-order chi connectivity index (χ0) is 20.5. The van der Waals surface area contributed by atoms with E-state index in [0.717, 1.165) is 23.7 Å². The maximum absolute atomic E-state index is 12.3. The molecule has 8 nitrogen and oxygen atoms in total. The quantitative estimate of drug-likeness (QED) is 0.450. The summed E-state index contributed by atoms with van der Waals surface area (Å²) in [7, 11) is 0. The van der Waals surface area contributed by atoms with Crippen LogP contribution in [0.3, 0.4) is 0 Å². The summed E-state index contributed by atoms with van der Waals surface area (Å²) in [5.41, 5.74) is 1.83. The minimum absolute atomic E-state index is 0.0872. The molecule has 0 radical (unpaired) electrons. The monoisotopic (exact) mass is 394 g/mol. The molecule has 0 spiro atoms. The van der Waals surface area contributed by atoms with Crippen LogP contribution in [0.1, 0.15) is 13.3 Å². The number of hydrogen-bond donors (Lipinski definition) is 0. The van der Waals surface area contributed by atoms with Crippen molar-refractivity contribution >= 4 is 34.6 Å². The number of nitro benzene ring substituents is 1. The highest BCUT2D eigenvalue weighted by Gasteiger charge is 2.37. The number of carbonyl (C=O) groups excluding carboxylic acids is 2. The van der Waals surface area contributed by atoms with Gasteiger partial charge in [0.05, 0.1) is 10.6 Å². The molecule has 150 valence electrons. The molecular formula is C21H22N4O4. The number of anilines is 3. The first-order valence-corrected chi connectivity index (χ1v) is 9.66. The molecule has 2 aromatic carbocycles. The van der Waals surface area contributed by atoms with Crippen molar-refractivity contribution in [2.24, 2.45) is 5.92 Å². The van der Waals surface area contributed by atoms with E-state index in [9.17, 15) is 19.7 Å². The Balaban J connectivity index is 1.56. The number of hydrogen-bond acceptors (Lipinski definition) is 6. The maximum atomic E-state index is 12.3. The number of rotatable bonds is 4. The second kappa shape index (κ2) is 7.54. The van der Waals surface area contributed by atoms with Crippen molar-refractivity contribution in [1.82, 2.24) is 0 Å². The Labute approximate surface area is 168 Å². The van der Waals surface area contributed by atoms with E-state index in [1.54, 1.807) is 19.1 Å². The van der Waals surface area contributed by atoms with Crippen LogP contribution in [0.2, 0.25) is 0 Å². The van der Waals surface area contributed by atoms with E-state index < -0.39 is 10.8 Å². The van der Waals surface area contributed by atoms with Crippen LogP contribution in [0.5, 0.6) is 0 Å². The molecule has 8 heteroatoms. The van der Waals surface area contributed by atoms with Crippen LogP contribution in [-0.2, 0) is 9.59 Å². The van der Waals surface area contributed by atoms with Crippen molar-refractivity contribution < 1.29 is 14.5 Å². The van der Waals surface area contributed by atoms with Gasteiger partial charge in [-0.25, -0.2) is 0 Å². The molecule has 2 aliphatic rings. The Morgan fingerprint density at radius 2 is 1.59 bits per heavy atom. The first-order chi connectivity index (χ1) is 14.0. The lowest BCUT2D eigenvalue weighted by atomic mass is 10.1. The molecule has 1 atom stereocenters. The molecule has 2 fully saturated rings. The van der Waals surface area contributed by atoms with E-state index in [0.29, 0.717) is 18.8 Å². The van der Waals surface area contributed by atoms with E-state index in [1.807, 2.05) is 23.1 Å². The van der Waals surface area contributed by atoms with Gasteiger partial charge in [0.25, 0.3) is 5.69 Å². The molecule has 2 aromatic rings. The van der Waals surface area contributed by atoms with E-state index in [2.05, 4.69) is 17.0 Å². The molecular weight excluding hydrogens is 372 g/mol. The summed E-state index contributed by atoms with van der Waals surface area (Å²) in [6, 6.07) is 14.7. The third kappa shape index (κ3) is 3.53. The molecule has 2 heterocycles. The number of nitro groups is 1. The zero-order valence-electron chi connectivity index (χ0n) is 16.2. The Hall–Kier alpha value is -3.42. The molecule has 4 rings (SSSR count). The van der Waals surface area contributed by atoms with Gasteiger partial charge in [-0.2, -0.15) is 0 Å². The van der Waals surface area contributed by atoms with E-state index in [1.165, 1.54) is 6.07 Å². The summed E-state index contributed by atoms with van der Waals surface area (Å²) in [6.45, 7) is 4.49. The van der Waals surface area contributed by atoms with Crippen molar-refractivity contribution in [2.75, 3.05) is 40.9 Å². The summed E-state index contributed by atoms with van der Waals surface area (Å²) in [5.74, 6) is -1.03. The molecule has 0 saturated carbocycles. The largest absolute Gasteiger partial charge is 0.368 e. The lowest BCUT2D eigenvalue weighted by Gasteiger charge is -2.37. The molecule has 0 aromatic heterocycles. The lowest BCUT2D eigenvalue weighted by Crippen LogP contribution is -2.46. The Morgan fingerprint density at radius 1 is 0.931 bits per heavy atom. The fourth-order valence-electron chi connectivity index (χ4n) is 3.96. The standard InChI is InChI=1S/C21H22N4O4/c1-15-13-20(26)24(21(15)27)17-7-8-18(19(14-17)25(28)29)23-11-9-22(10-12-23)16-5-3-2-4-6-16/h2-8,14-15H,9-13H2,1H3/t15-/m0/s1. The Kier molecular flexibility index (Phi) is 4.92. The minimum Gasteiger partial charge on any atom is -0.368 e. The highest BCUT2D eigenvalue weighted by atomic mass is 16.6. The number of benzene rings is 2. The highest BCUT2D eigenvalue weighted by Crippen LogP contribution is 2.35. The Morgan fingerprint density at radius 3 is 2.17 bits per heavy atom. The van der Waals surface area contributed by atoms with E-state index in [-0.39, 0.29) is 29.6 Å². The van der Waals surface area contributed by atoms with Crippen LogP contribution < -0.4 is 14.7 Å². The second-order valence-corrected chi connectivity index (χ2v) is 7.41. The number of carbonyl (C=O) groups is 2. The predicted octanol–water partition coefficient (Wildman–Crippen LogP) is 2.82. The smallest absolute Gasteiger partial charge is 0.294 e. The summed E-state index contributed by atoms with van der Waals surface area (Å²) in [5, 5.41) is 11.7. The van der Waals surface area contributed by atoms with Crippen molar-refractivity contribution in [2.45, 2.75) is 13.3 Å². The van der Waals surface area contributed by atoms with Gasteiger partial charge in [0.1, 0.15) is 5.69 Å². The van der Waals surface area contributed by atoms with Crippen molar-refractivity contribution in [3.05, 3.63) is 58.6 Å². The van der Waals surface area contributed by atoms with Gasteiger partial charge in [-0.05, 0) is 24.3 Å². The number of amides is 2. The third-order valence-corrected chi connectivity index (χ3v) is 5.53. The van der Waals surface area contributed by atoms with Crippen molar-refractivity contribution in [3.63, 3.8) is 0 Å². The predicted molar refractivity (Wildman–Crippen MR) is 110 cm³/mol. The highest BCUT2D eigenvalue weighted by molar-refractivity contribution is 6.21. The van der Waals surface area contributed by atoms with Gasteiger partial charge >= 0.3 is 0 Å². The second-order valence-electron chi connectivity index (χ2n) is 7.41. The van der Waals surface area contributed by atoms with Gasteiger partial charge in [-0.3, -0.25) is 24.6 Å². The normalized spacial score (nSPS) is 19.8. The average molecular weight is 394 g/mol. The topological polar surface area (TPSA) is 87.0 Å². The summed E-state index contributed by atoms with van der Waals surface area (Å²) in [4.78, 5) is 41.0. The Bertz CT molecular complexity index is 954. The molecule has 0 aliphatic carbocycles. The van der Waals surface area contributed by atoms with Crippen LogP contribution in [0.25, 0.3) is 0 Å². The molecule has 2 saturated heterocycles. The van der Waals surface area contributed by atoms with Crippen LogP contribution in [-0.4, -0.2) is 42.9 Å². The van der Waals surface area contributed by atoms with Crippen LogP contribution in [0.4, 0.5) is 22.7 Å². The van der Waals surface area contributed by atoms with Crippen LogP contribution in [0, 0.1) is 16.0 Å². The first kappa shape index (κ1) is 18.9. The number of nitrogens with zero attached hydrogens (tertiary/aromatic N) is 4. The molecule has 2 aliphatic heterocycles. The summed E-state index contributed by atoms with van der Waals surface area (Å²) in [6.07, 6.45) is 0.135. The zero-order valence-corrected chi connectivity index (χ0v) is 16.2. The number of imide groups is 1. The van der Waals surface area contributed by atoms with Gasteiger partial charge in [0.15, 0.2) is 0 Å². The molecule has 0 N–H and O–H groups in total. The first-order valence-electron chi connectivity index (χ1n) is 9.66. The van der Waals surface area contributed by atoms with E-state index >= 15 is 0 Å². The number of piperazine rings is 1. The van der Waals surface area contributed by atoms with Crippen LogP contribution in [0.15, 0.2) is 48.5 Å². The van der Waals surface area contributed by atoms with Gasteiger partial charge in [0, 0.05) is 50.3 Å². The SMILES string of the molecule is C[C@H]1CC(=O)N(c2ccc(N3CCN(c4ccccc4)CC3)c([N+](=O)[O-])c2)C1=O. The summed E-state index contributed by atoms with van der Waals surface area (Å²) < 4.78 is 0. The van der Waals surface area contributed by atoms with Gasteiger partial charge in [-0.1, -0.05) is 25.1 Å². The van der Waals surface area contributed by atoms with Gasteiger partial charge in [0.2, 0.25) is 11.8 Å². The van der Waals surface area contributed by atoms with Gasteiger partial charge in [-0.15, -0.1) is 0 Å². The molecule has 2 amide bonds. The fraction of sp³-hybridized carbons (Fsp3) is 0.333. The number of para-hydroxylation sites is 1. The molecule has 0 unspecified atom stereocenters. The molecule has 29 heavy (non-hydrogen) atoms. The lowest BCUT2D eigenvalue weighted by molar-refractivity contribution is -0.384. The minimum atomic E-state index is -0.448. The fourth-order valence-corrected chi connectivity index (χ4v) is 3.96. The average Bonchev–Trinajstić information content (AvgIpc) is 3.00. The maximum Gasteiger partial charge on any atom is 0.294 e. The van der Waals surface area contributed by atoms with Crippen molar-refractivity contribution in [3.8, 4) is 0 Å². The van der Waals surface area contributed by atoms with Crippen molar-refractivity contribution in [1.29, 1.82) is 0 Å². The van der Waals surface area contributed by atoms with E-state index in [4.69, 9.17) is 0 Å². The third-order valence-electron chi connectivity index (χ3n) is 5.53.